The van der Waals surface area contributed by atoms with Crippen LogP contribution in [0.4, 0.5) is 5.69 Å². The minimum Gasteiger partial charge on any atom is -0.491 e. The van der Waals surface area contributed by atoms with Crippen molar-refractivity contribution in [1.82, 2.24) is 9.38 Å². The van der Waals surface area contributed by atoms with E-state index in [1.807, 2.05) is 38.1 Å². The summed E-state index contributed by atoms with van der Waals surface area (Å²) in [5, 5.41) is 3.05. The second kappa shape index (κ2) is 7.06. The van der Waals surface area contributed by atoms with E-state index in [0.29, 0.717) is 0 Å². The summed E-state index contributed by atoms with van der Waals surface area (Å²) in [5.74, 6) is 0.844. The molecule has 140 valence electrons. The SMILES string of the molecule is Cc1ccn2c3c(nc2c1)CCC(C(=O)Nc1ccc(OC(C)C)cc1)C3. The fourth-order valence-electron chi connectivity index (χ4n) is 3.67. The monoisotopic (exact) mass is 363 g/mol. The zero-order chi connectivity index (χ0) is 19.0. The maximum absolute atomic E-state index is 12.8. The highest BCUT2D eigenvalue weighted by Crippen LogP contribution is 2.28. The van der Waals surface area contributed by atoms with Gasteiger partial charge < -0.3 is 14.5 Å². The Balaban J connectivity index is 1.47. The second-order valence-electron chi connectivity index (χ2n) is 7.56. The van der Waals surface area contributed by atoms with Crippen LogP contribution in [0.1, 0.15) is 37.2 Å². The number of hydrogen-bond acceptors (Lipinski definition) is 3. The Bertz CT molecular complexity index is 973. The van der Waals surface area contributed by atoms with Crippen LogP contribution in [0.3, 0.4) is 0 Å². The summed E-state index contributed by atoms with van der Waals surface area (Å²) in [7, 11) is 0. The smallest absolute Gasteiger partial charge is 0.227 e. The van der Waals surface area contributed by atoms with E-state index in [9.17, 15) is 4.79 Å². The van der Waals surface area contributed by atoms with Crippen molar-refractivity contribution in [3.05, 3.63) is 59.5 Å². The average Bonchev–Trinajstić information content (AvgIpc) is 2.99. The number of nitrogens with zero attached hydrogens (tertiary/aromatic N) is 2. The third-order valence-corrected chi connectivity index (χ3v) is 5.00. The molecule has 2 heterocycles. The lowest BCUT2D eigenvalue weighted by molar-refractivity contribution is -0.120. The second-order valence-corrected chi connectivity index (χ2v) is 7.56. The van der Waals surface area contributed by atoms with Crippen molar-refractivity contribution in [2.45, 2.75) is 46.1 Å². The lowest BCUT2D eigenvalue weighted by Crippen LogP contribution is -2.28. The van der Waals surface area contributed by atoms with Gasteiger partial charge in [-0.15, -0.1) is 0 Å². The van der Waals surface area contributed by atoms with Gasteiger partial charge in [0.2, 0.25) is 5.91 Å². The Kier molecular flexibility index (Phi) is 4.60. The number of aromatic nitrogens is 2. The average molecular weight is 363 g/mol. The van der Waals surface area contributed by atoms with Crippen LogP contribution in [0.25, 0.3) is 5.65 Å². The highest BCUT2D eigenvalue weighted by molar-refractivity contribution is 5.92. The molecule has 2 aromatic heterocycles. The van der Waals surface area contributed by atoms with Crippen LogP contribution in [0, 0.1) is 12.8 Å². The molecule has 0 saturated carbocycles. The van der Waals surface area contributed by atoms with Gasteiger partial charge in [0.1, 0.15) is 11.4 Å². The Morgan fingerprint density at radius 2 is 2.04 bits per heavy atom. The summed E-state index contributed by atoms with van der Waals surface area (Å²) in [5.41, 5.74) is 5.26. The quantitative estimate of drug-likeness (QED) is 0.757. The Morgan fingerprint density at radius 3 is 2.78 bits per heavy atom. The van der Waals surface area contributed by atoms with E-state index in [0.717, 1.165) is 47.7 Å². The summed E-state index contributed by atoms with van der Waals surface area (Å²) in [4.78, 5) is 17.5. The van der Waals surface area contributed by atoms with E-state index in [1.54, 1.807) is 0 Å². The molecule has 1 aromatic carbocycles. The van der Waals surface area contributed by atoms with Crippen LogP contribution in [-0.2, 0) is 17.6 Å². The van der Waals surface area contributed by atoms with Crippen molar-refractivity contribution >= 4 is 17.2 Å². The fraction of sp³-hybridized carbons (Fsp3) is 0.364. The van der Waals surface area contributed by atoms with E-state index >= 15 is 0 Å². The van der Waals surface area contributed by atoms with Gasteiger partial charge in [0.05, 0.1) is 11.8 Å². The number of rotatable bonds is 4. The number of ether oxygens (including phenoxy) is 1. The maximum Gasteiger partial charge on any atom is 0.227 e. The first-order valence-electron chi connectivity index (χ1n) is 9.53. The highest BCUT2D eigenvalue weighted by atomic mass is 16.5. The van der Waals surface area contributed by atoms with E-state index < -0.39 is 0 Å². The third kappa shape index (κ3) is 3.68. The molecule has 0 spiro atoms. The van der Waals surface area contributed by atoms with Crippen LogP contribution < -0.4 is 10.1 Å². The van der Waals surface area contributed by atoms with Gasteiger partial charge in [0, 0.05) is 29.9 Å². The van der Waals surface area contributed by atoms with E-state index in [1.165, 1.54) is 5.56 Å². The fourth-order valence-corrected chi connectivity index (χ4v) is 3.67. The van der Waals surface area contributed by atoms with Crippen LogP contribution in [0.5, 0.6) is 5.75 Å². The molecule has 1 N–H and O–H groups in total. The number of nitrogens with one attached hydrogen (secondary N) is 1. The lowest BCUT2D eigenvalue weighted by atomic mass is 9.89. The maximum atomic E-state index is 12.8. The van der Waals surface area contributed by atoms with Gasteiger partial charge in [0.15, 0.2) is 0 Å². The summed E-state index contributed by atoms with van der Waals surface area (Å²) in [6, 6.07) is 11.7. The number of carbonyl (C=O) groups excluding carboxylic acids is 1. The minimum absolute atomic E-state index is 0.0368. The number of benzene rings is 1. The number of pyridine rings is 1. The molecule has 1 aliphatic carbocycles. The van der Waals surface area contributed by atoms with Crippen LogP contribution in [-0.4, -0.2) is 21.4 Å². The molecule has 0 fully saturated rings. The molecule has 3 aromatic rings. The zero-order valence-corrected chi connectivity index (χ0v) is 16.0. The van der Waals surface area contributed by atoms with Crippen molar-refractivity contribution in [2.24, 2.45) is 5.92 Å². The summed E-state index contributed by atoms with van der Waals surface area (Å²) in [6.07, 6.45) is 4.59. The Morgan fingerprint density at radius 1 is 1.26 bits per heavy atom. The van der Waals surface area contributed by atoms with Crippen molar-refractivity contribution in [3.63, 3.8) is 0 Å². The molecule has 5 nitrogen and oxygen atoms in total. The van der Waals surface area contributed by atoms with Gasteiger partial charge >= 0.3 is 0 Å². The summed E-state index contributed by atoms with van der Waals surface area (Å²) in [6.45, 7) is 6.06. The summed E-state index contributed by atoms with van der Waals surface area (Å²) < 4.78 is 7.77. The number of aryl methyl sites for hydroxylation is 2. The van der Waals surface area contributed by atoms with E-state index in [-0.39, 0.29) is 17.9 Å². The minimum atomic E-state index is -0.0368. The standard InChI is InChI=1S/C22H25N3O2/c1-14(2)27-18-7-5-17(6-8-18)23-22(26)16-4-9-19-20(13-16)25-11-10-15(3)12-21(25)24-19/h5-8,10-12,14,16H,4,9,13H2,1-3H3,(H,23,26). The van der Waals surface area contributed by atoms with Gasteiger partial charge in [-0.3, -0.25) is 4.79 Å². The first-order valence-corrected chi connectivity index (χ1v) is 9.53. The number of hydrogen-bond donors (Lipinski definition) is 1. The molecule has 0 saturated heterocycles. The van der Waals surface area contributed by atoms with Gasteiger partial charge in [-0.25, -0.2) is 4.98 Å². The molecular formula is C22H25N3O2. The summed E-state index contributed by atoms with van der Waals surface area (Å²) >= 11 is 0. The molecular weight excluding hydrogens is 338 g/mol. The predicted molar refractivity (Wildman–Crippen MR) is 106 cm³/mol. The number of amides is 1. The molecule has 0 bridgehead atoms. The van der Waals surface area contributed by atoms with Gasteiger partial charge in [-0.1, -0.05) is 0 Å². The number of carbonyl (C=O) groups is 1. The normalized spacial score (nSPS) is 16.4. The molecule has 4 rings (SSSR count). The van der Waals surface area contributed by atoms with Gasteiger partial charge in [-0.05, 0) is 75.6 Å². The highest BCUT2D eigenvalue weighted by Gasteiger charge is 2.28. The van der Waals surface area contributed by atoms with Crippen LogP contribution in [0.2, 0.25) is 0 Å². The van der Waals surface area contributed by atoms with Gasteiger partial charge in [0.25, 0.3) is 0 Å². The number of anilines is 1. The topological polar surface area (TPSA) is 55.6 Å². The third-order valence-electron chi connectivity index (χ3n) is 5.00. The van der Waals surface area contributed by atoms with Crippen molar-refractivity contribution in [3.8, 4) is 5.75 Å². The van der Waals surface area contributed by atoms with Crippen molar-refractivity contribution in [2.75, 3.05) is 5.32 Å². The number of fused-ring (bicyclic) bond motifs is 3. The molecule has 0 aliphatic heterocycles. The molecule has 27 heavy (non-hydrogen) atoms. The number of imidazole rings is 1. The first kappa shape index (κ1) is 17.6. The van der Waals surface area contributed by atoms with Gasteiger partial charge in [-0.2, -0.15) is 0 Å². The predicted octanol–water partition coefficient (Wildman–Crippen LogP) is 4.17. The van der Waals surface area contributed by atoms with Crippen molar-refractivity contribution < 1.29 is 9.53 Å². The Labute approximate surface area is 159 Å². The molecule has 1 atom stereocenters. The first-order chi connectivity index (χ1) is 13.0. The lowest BCUT2D eigenvalue weighted by Gasteiger charge is -2.21. The molecule has 0 radical (unpaired) electrons. The van der Waals surface area contributed by atoms with Crippen LogP contribution >= 0.6 is 0 Å². The largest absolute Gasteiger partial charge is 0.491 e. The van der Waals surface area contributed by atoms with Crippen LogP contribution in [0.15, 0.2) is 42.6 Å². The molecule has 1 aliphatic rings. The Hall–Kier alpha value is -2.82. The van der Waals surface area contributed by atoms with Crippen molar-refractivity contribution in [1.29, 1.82) is 0 Å². The molecule has 1 amide bonds. The zero-order valence-electron chi connectivity index (χ0n) is 16.0. The molecule has 1 unspecified atom stereocenters. The van der Waals surface area contributed by atoms with E-state index in [4.69, 9.17) is 9.72 Å². The molecule has 5 heteroatoms. The van der Waals surface area contributed by atoms with E-state index in [2.05, 4.69) is 35.0 Å².